The highest BCUT2D eigenvalue weighted by atomic mass is 16.3. The molecule has 4 heterocycles. The molecule has 56 heavy (non-hydrogen) atoms. The van der Waals surface area contributed by atoms with E-state index in [0.717, 1.165) is 105 Å². The lowest BCUT2D eigenvalue weighted by Gasteiger charge is -2.12. The van der Waals surface area contributed by atoms with Crippen molar-refractivity contribution in [2.24, 2.45) is 0 Å². The third-order valence-corrected chi connectivity index (χ3v) is 10.6. The van der Waals surface area contributed by atoms with Crippen molar-refractivity contribution in [1.29, 1.82) is 0 Å². The van der Waals surface area contributed by atoms with Crippen LogP contribution < -0.4 is 0 Å². The van der Waals surface area contributed by atoms with Gasteiger partial charge in [0.1, 0.15) is 22.3 Å². The summed E-state index contributed by atoms with van der Waals surface area (Å²) in [4.78, 5) is 14.7. The fourth-order valence-corrected chi connectivity index (χ4v) is 7.91. The molecule has 0 saturated heterocycles. The number of nitrogens with zero attached hydrogens (tertiary/aromatic N) is 3. The molecular formula is C51H31N3O2. The molecule has 0 spiro atoms. The minimum atomic E-state index is 0.667. The van der Waals surface area contributed by atoms with Gasteiger partial charge in [-0.25, -0.2) is 9.97 Å². The zero-order valence-electron chi connectivity index (χ0n) is 30.1. The lowest BCUT2D eigenvalue weighted by molar-refractivity contribution is 0.668. The first-order valence-electron chi connectivity index (χ1n) is 18.7. The summed E-state index contributed by atoms with van der Waals surface area (Å²) in [6.45, 7) is 0. The van der Waals surface area contributed by atoms with E-state index in [1.54, 1.807) is 0 Å². The van der Waals surface area contributed by atoms with Crippen molar-refractivity contribution >= 4 is 43.9 Å². The van der Waals surface area contributed by atoms with Gasteiger partial charge < -0.3 is 8.83 Å². The molecular weight excluding hydrogens is 687 g/mol. The van der Waals surface area contributed by atoms with Gasteiger partial charge in [0.25, 0.3) is 0 Å². The van der Waals surface area contributed by atoms with Crippen LogP contribution in [-0.4, -0.2) is 15.0 Å². The molecule has 0 amide bonds. The topological polar surface area (TPSA) is 65.0 Å². The molecule has 4 aromatic heterocycles. The van der Waals surface area contributed by atoms with Gasteiger partial charge in [-0.05, 0) is 59.2 Å². The molecule has 0 N–H and O–H groups in total. The maximum absolute atomic E-state index is 6.72. The van der Waals surface area contributed by atoms with Gasteiger partial charge in [-0.3, -0.25) is 4.98 Å². The van der Waals surface area contributed by atoms with E-state index in [1.807, 2.05) is 72.9 Å². The Morgan fingerprint density at radius 1 is 0.339 bits per heavy atom. The van der Waals surface area contributed by atoms with E-state index in [0.29, 0.717) is 5.82 Å². The third kappa shape index (κ3) is 5.37. The average molecular weight is 718 g/mol. The highest BCUT2D eigenvalue weighted by molar-refractivity contribution is 6.20. The van der Waals surface area contributed by atoms with E-state index in [1.165, 1.54) is 0 Å². The van der Waals surface area contributed by atoms with Crippen molar-refractivity contribution in [3.05, 3.63) is 188 Å². The Kier molecular flexibility index (Phi) is 7.42. The summed E-state index contributed by atoms with van der Waals surface area (Å²) < 4.78 is 13.0. The molecule has 11 aromatic rings. The lowest BCUT2D eigenvalue weighted by atomic mass is 9.92. The second kappa shape index (κ2) is 13.0. The summed E-state index contributed by atoms with van der Waals surface area (Å²) >= 11 is 0. The van der Waals surface area contributed by atoms with E-state index >= 15 is 0 Å². The predicted molar refractivity (Wildman–Crippen MR) is 227 cm³/mol. The zero-order valence-corrected chi connectivity index (χ0v) is 30.1. The van der Waals surface area contributed by atoms with Crippen molar-refractivity contribution in [1.82, 2.24) is 15.0 Å². The minimum absolute atomic E-state index is 0.667. The largest absolute Gasteiger partial charge is 0.456 e. The van der Waals surface area contributed by atoms with Gasteiger partial charge in [0.15, 0.2) is 5.82 Å². The van der Waals surface area contributed by atoms with Gasteiger partial charge in [0.2, 0.25) is 0 Å². The number of furan rings is 2. The van der Waals surface area contributed by atoms with E-state index in [9.17, 15) is 0 Å². The standard InChI is InChI=1S/C51H31N3O2/c1-2-11-33(12-3-1)43-31-44(54-51(53-43)36-26-24-34(25-27-36)42-16-8-9-30-52-42)35-22-20-32(21-23-35)37-28-29-39(50-49(37)41-14-5-7-18-46(41)56-50)38-15-10-19-47-48(38)40-13-4-6-17-45(40)55-47/h1-31H. The summed E-state index contributed by atoms with van der Waals surface area (Å²) in [5, 5.41) is 4.34. The van der Waals surface area contributed by atoms with Crippen LogP contribution in [0.25, 0.3) is 111 Å². The first kappa shape index (κ1) is 31.9. The van der Waals surface area contributed by atoms with Crippen LogP contribution in [0.15, 0.2) is 197 Å². The Bertz CT molecular complexity index is 3220. The second-order valence-electron chi connectivity index (χ2n) is 13.9. The maximum atomic E-state index is 6.72. The molecule has 0 aliphatic rings. The summed E-state index contributed by atoms with van der Waals surface area (Å²) in [7, 11) is 0. The van der Waals surface area contributed by atoms with Crippen LogP contribution in [0.4, 0.5) is 0 Å². The first-order valence-corrected chi connectivity index (χ1v) is 18.7. The molecule has 0 fully saturated rings. The average Bonchev–Trinajstić information content (AvgIpc) is 3.86. The molecule has 262 valence electrons. The quantitative estimate of drug-likeness (QED) is 0.171. The number of pyridine rings is 1. The maximum Gasteiger partial charge on any atom is 0.160 e. The van der Waals surface area contributed by atoms with Gasteiger partial charge in [-0.2, -0.15) is 0 Å². The first-order chi connectivity index (χ1) is 27.7. The second-order valence-corrected chi connectivity index (χ2v) is 13.9. The van der Waals surface area contributed by atoms with Crippen LogP contribution in [0.2, 0.25) is 0 Å². The Labute approximate surface area is 322 Å². The van der Waals surface area contributed by atoms with Gasteiger partial charge in [0, 0.05) is 55.6 Å². The molecule has 0 aliphatic carbocycles. The van der Waals surface area contributed by atoms with Crippen LogP contribution in [0.1, 0.15) is 0 Å². The van der Waals surface area contributed by atoms with Gasteiger partial charge >= 0.3 is 0 Å². The van der Waals surface area contributed by atoms with E-state index in [4.69, 9.17) is 18.8 Å². The predicted octanol–water partition coefficient (Wildman–Crippen LogP) is 13.7. The van der Waals surface area contributed by atoms with Gasteiger partial charge in [-0.15, -0.1) is 0 Å². The van der Waals surface area contributed by atoms with Crippen molar-refractivity contribution in [3.8, 4) is 67.4 Å². The molecule has 0 radical (unpaired) electrons. The lowest BCUT2D eigenvalue weighted by Crippen LogP contribution is -1.96. The molecule has 0 bridgehead atoms. The van der Waals surface area contributed by atoms with Gasteiger partial charge in [0.05, 0.1) is 17.1 Å². The number of benzene rings is 7. The number of aromatic nitrogens is 3. The van der Waals surface area contributed by atoms with Crippen molar-refractivity contribution in [2.45, 2.75) is 0 Å². The Morgan fingerprint density at radius 3 is 1.64 bits per heavy atom. The number of rotatable bonds is 6. The minimum Gasteiger partial charge on any atom is -0.456 e. The normalized spacial score (nSPS) is 11.6. The molecule has 0 aliphatic heterocycles. The van der Waals surface area contributed by atoms with Crippen molar-refractivity contribution in [2.75, 3.05) is 0 Å². The van der Waals surface area contributed by atoms with E-state index < -0.39 is 0 Å². The van der Waals surface area contributed by atoms with Crippen molar-refractivity contribution < 1.29 is 8.83 Å². The van der Waals surface area contributed by atoms with Crippen LogP contribution in [0, 0.1) is 0 Å². The SMILES string of the molecule is c1ccc(-c2cc(-c3ccc(-c4ccc(-c5cccc6oc7ccccc7c56)c5oc6ccccc6c45)cc3)nc(-c3ccc(-c4ccccn4)cc3)n2)cc1. The highest BCUT2D eigenvalue weighted by Crippen LogP contribution is 2.45. The van der Waals surface area contributed by atoms with E-state index in [2.05, 4.69) is 120 Å². The molecule has 5 nitrogen and oxygen atoms in total. The monoisotopic (exact) mass is 717 g/mol. The Hall–Kier alpha value is -7.63. The summed E-state index contributed by atoms with van der Waals surface area (Å²) in [5.41, 5.74) is 14.4. The summed E-state index contributed by atoms with van der Waals surface area (Å²) in [6.07, 6.45) is 1.81. The highest BCUT2D eigenvalue weighted by Gasteiger charge is 2.20. The van der Waals surface area contributed by atoms with Crippen LogP contribution in [-0.2, 0) is 0 Å². The molecule has 11 rings (SSSR count). The molecule has 0 saturated carbocycles. The number of fused-ring (bicyclic) bond motifs is 6. The number of hydrogen-bond donors (Lipinski definition) is 0. The third-order valence-electron chi connectivity index (χ3n) is 10.6. The molecule has 5 heteroatoms. The van der Waals surface area contributed by atoms with E-state index in [-0.39, 0.29) is 0 Å². The molecule has 7 aromatic carbocycles. The fraction of sp³-hybridized carbons (Fsp3) is 0. The summed E-state index contributed by atoms with van der Waals surface area (Å²) in [6, 6.07) is 62.4. The zero-order chi connectivity index (χ0) is 37.0. The molecule has 0 unspecified atom stereocenters. The smallest absolute Gasteiger partial charge is 0.160 e. The summed E-state index contributed by atoms with van der Waals surface area (Å²) in [5.74, 6) is 0.667. The van der Waals surface area contributed by atoms with Gasteiger partial charge in [-0.1, -0.05) is 140 Å². The van der Waals surface area contributed by atoms with Crippen LogP contribution >= 0.6 is 0 Å². The fourth-order valence-electron chi connectivity index (χ4n) is 7.91. The van der Waals surface area contributed by atoms with Crippen LogP contribution in [0.3, 0.4) is 0 Å². The van der Waals surface area contributed by atoms with Crippen molar-refractivity contribution in [3.63, 3.8) is 0 Å². The Morgan fingerprint density at radius 2 is 0.911 bits per heavy atom. The Balaban J connectivity index is 1.03. The van der Waals surface area contributed by atoms with Crippen LogP contribution in [0.5, 0.6) is 0 Å². The number of hydrogen-bond acceptors (Lipinski definition) is 5. The molecule has 0 atom stereocenters. The number of para-hydroxylation sites is 2.